The Balaban J connectivity index is 1.35. The highest BCUT2D eigenvalue weighted by Crippen LogP contribution is 2.32. The topological polar surface area (TPSA) is 107 Å². The second-order valence-corrected chi connectivity index (χ2v) is 7.40. The third-order valence-electron chi connectivity index (χ3n) is 4.94. The smallest absolute Gasteiger partial charge is 0.251 e. The van der Waals surface area contributed by atoms with Crippen LogP contribution in [0.2, 0.25) is 0 Å². The number of amides is 1. The van der Waals surface area contributed by atoms with Crippen LogP contribution in [0.15, 0.2) is 33.3 Å². The number of nitrogens with zero attached hydrogens (tertiary/aromatic N) is 4. The maximum absolute atomic E-state index is 12.4. The summed E-state index contributed by atoms with van der Waals surface area (Å²) in [6.45, 7) is 4.22. The summed E-state index contributed by atoms with van der Waals surface area (Å²) in [6, 6.07) is 7.07. The molecule has 1 aliphatic rings. The van der Waals surface area contributed by atoms with Gasteiger partial charge >= 0.3 is 0 Å². The maximum Gasteiger partial charge on any atom is 0.251 e. The predicted molar refractivity (Wildman–Crippen MR) is 101 cm³/mol. The summed E-state index contributed by atoms with van der Waals surface area (Å²) in [5.41, 5.74) is 1.34. The molecule has 0 saturated heterocycles. The Labute approximate surface area is 162 Å². The van der Waals surface area contributed by atoms with Crippen molar-refractivity contribution in [2.45, 2.75) is 57.9 Å². The molecule has 1 aliphatic carbocycles. The molecule has 0 unspecified atom stereocenters. The minimum atomic E-state index is -0.199. The summed E-state index contributed by atoms with van der Waals surface area (Å²) >= 11 is 0. The van der Waals surface area contributed by atoms with Crippen molar-refractivity contribution in [2.24, 2.45) is 0 Å². The molecule has 146 valence electrons. The Bertz CT molecular complexity index is 939. The second kappa shape index (κ2) is 7.92. The van der Waals surface area contributed by atoms with Crippen molar-refractivity contribution in [2.75, 3.05) is 0 Å². The highest BCUT2D eigenvalue weighted by atomic mass is 16.5. The fourth-order valence-corrected chi connectivity index (χ4v) is 3.30. The Kier molecular flexibility index (Phi) is 5.18. The van der Waals surface area contributed by atoms with Crippen LogP contribution in [0.1, 0.15) is 79.3 Å². The van der Waals surface area contributed by atoms with E-state index in [1.165, 1.54) is 12.8 Å². The van der Waals surface area contributed by atoms with Crippen LogP contribution < -0.4 is 5.32 Å². The molecular weight excluding hydrogens is 358 g/mol. The molecule has 0 spiro atoms. The highest BCUT2D eigenvalue weighted by molar-refractivity contribution is 5.94. The van der Waals surface area contributed by atoms with E-state index in [0.717, 1.165) is 18.4 Å². The van der Waals surface area contributed by atoms with Gasteiger partial charge in [0.1, 0.15) is 0 Å². The molecule has 1 saturated carbocycles. The second-order valence-electron chi connectivity index (χ2n) is 7.40. The van der Waals surface area contributed by atoms with Crippen LogP contribution in [0.4, 0.5) is 0 Å². The molecule has 0 aliphatic heterocycles. The standard InChI is InChI=1S/C20H23N5O3/c1-12(2)19-23-17(25-27-19)13-7-9-14(10-8-13)18(26)21-11-16-22-20(28-24-16)15-5-3-4-6-15/h7-10,12,15H,3-6,11H2,1-2H3,(H,21,26). The molecule has 1 amide bonds. The van der Waals surface area contributed by atoms with Crippen LogP contribution in [0.3, 0.4) is 0 Å². The number of benzene rings is 1. The largest absolute Gasteiger partial charge is 0.345 e. The van der Waals surface area contributed by atoms with Crippen molar-refractivity contribution < 1.29 is 13.8 Å². The highest BCUT2D eigenvalue weighted by Gasteiger charge is 2.23. The van der Waals surface area contributed by atoms with Crippen molar-refractivity contribution >= 4 is 5.91 Å². The molecule has 2 heterocycles. The van der Waals surface area contributed by atoms with Crippen LogP contribution in [0, 0.1) is 0 Å². The van der Waals surface area contributed by atoms with Crippen LogP contribution in [-0.4, -0.2) is 26.2 Å². The van der Waals surface area contributed by atoms with E-state index >= 15 is 0 Å². The lowest BCUT2D eigenvalue weighted by atomic mass is 10.1. The van der Waals surface area contributed by atoms with E-state index in [1.807, 2.05) is 13.8 Å². The molecule has 0 radical (unpaired) electrons. The lowest BCUT2D eigenvalue weighted by Gasteiger charge is -2.03. The average Bonchev–Trinajstić information content (AvgIpc) is 3.47. The van der Waals surface area contributed by atoms with E-state index in [1.54, 1.807) is 24.3 Å². The quantitative estimate of drug-likeness (QED) is 0.691. The molecule has 3 aromatic rings. The van der Waals surface area contributed by atoms with Gasteiger partial charge in [0, 0.05) is 23.0 Å². The zero-order valence-electron chi connectivity index (χ0n) is 16.0. The Morgan fingerprint density at radius 2 is 1.86 bits per heavy atom. The summed E-state index contributed by atoms with van der Waals surface area (Å²) in [5.74, 6) is 2.63. The van der Waals surface area contributed by atoms with Gasteiger partial charge in [-0.25, -0.2) is 0 Å². The number of carbonyl (C=O) groups excluding carboxylic acids is 1. The number of carbonyl (C=O) groups is 1. The summed E-state index contributed by atoms with van der Waals surface area (Å²) in [5, 5.41) is 10.8. The lowest BCUT2D eigenvalue weighted by Crippen LogP contribution is -2.23. The maximum atomic E-state index is 12.4. The van der Waals surface area contributed by atoms with Gasteiger partial charge in [0.05, 0.1) is 6.54 Å². The molecule has 8 nitrogen and oxygen atoms in total. The number of nitrogens with one attached hydrogen (secondary N) is 1. The summed E-state index contributed by atoms with van der Waals surface area (Å²) < 4.78 is 10.6. The SMILES string of the molecule is CC(C)c1nc(-c2ccc(C(=O)NCc3noc(C4CCCC4)n3)cc2)no1. The number of aromatic nitrogens is 4. The molecule has 0 bridgehead atoms. The van der Waals surface area contributed by atoms with Gasteiger partial charge in [0.2, 0.25) is 17.6 Å². The number of rotatable bonds is 6. The normalized spacial score (nSPS) is 14.7. The van der Waals surface area contributed by atoms with Crippen LogP contribution in [0.25, 0.3) is 11.4 Å². The van der Waals surface area contributed by atoms with E-state index < -0.39 is 0 Å². The van der Waals surface area contributed by atoms with Crippen molar-refractivity contribution in [3.05, 3.63) is 47.4 Å². The van der Waals surface area contributed by atoms with Crippen LogP contribution in [-0.2, 0) is 6.54 Å². The summed E-state index contributed by atoms with van der Waals surface area (Å²) in [7, 11) is 0. The number of hydrogen-bond acceptors (Lipinski definition) is 7. The Hall–Kier alpha value is -3.03. The first kappa shape index (κ1) is 18.3. The minimum Gasteiger partial charge on any atom is -0.345 e. The Morgan fingerprint density at radius 1 is 1.11 bits per heavy atom. The summed E-state index contributed by atoms with van der Waals surface area (Å²) in [4.78, 5) is 21.1. The predicted octanol–water partition coefficient (Wildman–Crippen LogP) is 3.83. The van der Waals surface area contributed by atoms with Crippen molar-refractivity contribution in [1.29, 1.82) is 0 Å². The number of hydrogen-bond donors (Lipinski definition) is 1. The molecular formula is C20H23N5O3. The van der Waals surface area contributed by atoms with Crippen molar-refractivity contribution in [1.82, 2.24) is 25.6 Å². The zero-order chi connectivity index (χ0) is 19.5. The molecule has 0 atom stereocenters. The van der Waals surface area contributed by atoms with Crippen LogP contribution in [0.5, 0.6) is 0 Å². The van der Waals surface area contributed by atoms with Gasteiger partial charge in [-0.3, -0.25) is 4.79 Å². The molecule has 4 rings (SSSR count). The van der Waals surface area contributed by atoms with E-state index in [9.17, 15) is 4.79 Å². The fourth-order valence-electron chi connectivity index (χ4n) is 3.30. The first-order chi connectivity index (χ1) is 13.6. The van der Waals surface area contributed by atoms with E-state index in [4.69, 9.17) is 9.05 Å². The third-order valence-corrected chi connectivity index (χ3v) is 4.94. The van der Waals surface area contributed by atoms with Gasteiger partial charge in [-0.15, -0.1) is 0 Å². The van der Waals surface area contributed by atoms with E-state index in [0.29, 0.717) is 34.9 Å². The Morgan fingerprint density at radius 3 is 2.54 bits per heavy atom. The van der Waals surface area contributed by atoms with Crippen molar-refractivity contribution in [3.63, 3.8) is 0 Å². The van der Waals surface area contributed by atoms with E-state index in [-0.39, 0.29) is 18.4 Å². The molecule has 1 fully saturated rings. The molecule has 8 heteroatoms. The third kappa shape index (κ3) is 3.95. The zero-order valence-corrected chi connectivity index (χ0v) is 16.0. The summed E-state index contributed by atoms with van der Waals surface area (Å²) in [6.07, 6.45) is 4.61. The van der Waals surface area contributed by atoms with Gasteiger partial charge < -0.3 is 14.4 Å². The van der Waals surface area contributed by atoms with Gasteiger partial charge in [-0.1, -0.05) is 49.1 Å². The molecule has 1 aromatic carbocycles. The van der Waals surface area contributed by atoms with Gasteiger partial charge in [0.25, 0.3) is 5.91 Å². The molecule has 1 N–H and O–H groups in total. The first-order valence-electron chi connectivity index (χ1n) is 9.65. The monoisotopic (exact) mass is 381 g/mol. The van der Waals surface area contributed by atoms with Crippen molar-refractivity contribution in [3.8, 4) is 11.4 Å². The first-order valence-corrected chi connectivity index (χ1v) is 9.65. The van der Waals surface area contributed by atoms with Gasteiger partial charge in [0.15, 0.2) is 5.82 Å². The molecule has 2 aromatic heterocycles. The average molecular weight is 381 g/mol. The molecule has 28 heavy (non-hydrogen) atoms. The van der Waals surface area contributed by atoms with Crippen LogP contribution >= 0.6 is 0 Å². The fraction of sp³-hybridized carbons (Fsp3) is 0.450. The van der Waals surface area contributed by atoms with E-state index in [2.05, 4.69) is 25.6 Å². The lowest BCUT2D eigenvalue weighted by molar-refractivity contribution is 0.0949. The van der Waals surface area contributed by atoms with Gasteiger partial charge in [-0.2, -0.15) is 9.97 Å². The van der Waals surface area contributed by atoms with Gasteiger partial charge in [-0.05, 0) is 25.0 Å². The minimum absolute atomic E-state index is 0.172.